The fourth-order valence-electron chi connectivity index (χ4n) is 22.1. The number of aryl methyl sites for hydroxylation is 25. The Morgan fingerprint density at radius 1 is 0.110 bits per heavy atom. The third-order valence-electron chi connectivity index (χ3n) is 27.0. The second-order valence-corrected chi connectivity index (χ2v) is 38.9. The predicted octanol–water partition coefficient (Wildman–Crippen LogP) is 35.4. The van der Waals surface area contributed by atoms with Gasteiger partial charge in [-0.15, -0.1) is 0 Å². The first-order valence-electron chi connectivity index (χ1n) is 48.0. The van der Waals surface area contributed by atoms with E-state index in [0.29, 0.717) is 0 Å². The van der Waals surface area contributed by atoms with Crippen LogP contribution < -0.4 is 44.7 Å². The average molecular weight is 1780 g/mol. The standard InChI is InChI=1S/C127H129BN8/c1-78-26-30-104(31-27-78)129(108-38-42-110(43-39-108)131(112-46-54-116(55-47-112)133(120-87(10)62-80(3)63-88(120)11)121-89(12)64-81(4)65-90(121)13)113-48-56-117(57-49-113)134(122-91(14)66-82(5)67-92(122)15)123-93(16)68-83(6)69-94(123)17)106-34-36-107(37-35-106)130(105-32-28-79(2)29-33-105)109-40-44-111(45-41-109)132(114-50-58-118(59-51-114)135(124-95(18)70-84(7)71-96(124)19)125-97(20)72-85(8)73-98(125)21)115-52-60-119(61-53-115)136(126-99(22)74-86(9)75-100(126)23)127-101(24)76-103(128)77-102(127)25/h26-77H,128H2,1-25H3. The van der Waals surface area contributed by atoms with Crippen LogP contribution in [-0.2, 0) is 0 Å². The van der Waals surface area contributed by atoms with Crippen LogP contribution >= 0.6 is 0 Å². The van der Waals surface area contributed by atoms with Gasteiger partial charge in [0.1, 0.15) is 7.85 Å². The molecule has 9 heteroatoms. The lowest BCUT2D eigenvalue weighted by Gasteiger charge is -2.33. The maximum Gasteiger partial charge on any atom is 0.139 e. The normalized spacial score (nSPS) is 11.3. The zero-order valence-corrected chi connectivity index (χ0v) is 84.6. The molecule has 0 spiro atoms. The maximum atomic E-state index is 2.49. The molecule has 0 aromatic heterocycles. The summed E-state index contributed by atoms with van der Waals surface area (Å²) in [7, 11) is 2.20. The van der Waals surface area contributed by atoms with Gasteiger partial charge in [-0.1, -0.05) is 177 Å². The molecule has 17 aromatic rings. The lowest BCUT2D eigenvalue weighted by atomic mass is 9.90. The van der Waals surface area contributed by atoms with Gasteiger partial charge in [0, 0.05) is 91.0 Å². The highest BCUT2D eigenvalue weighted by Gasteiger charge is 2.30. The molecule has 0 unspecified atom stereocenters. The topological polar surface area (TPSA) is 25.9 Å². The second-order valence-electron chi connectivity index (χ2n) is 38.9. The largest absolute Gasteiger partial charge is 0.311 e. The van der Waals surface area contributed by atoms with E-state index in [1.807, 2.05) is 0 Å². The molecule has 17 aromatic carbocycles. The van der Waals surface area contributed by atoms with Crippen LogP contribution in [0.3, 0.4) is 0 Å². The number of rotatable bonds is 24. The van der Waals surface area contributed by atoms with Crippen molar-refractivity contribution in [2.75, 3.05) is 39.2 Å². The second kappa shape index (κ2) is 38.3. The highest BCUT2D eigenvalue weighted by Crippen LogP contribution is 2.52. The maximum absolute atomic E-state index is 2.49. The van der Waals surface area contributed by atoms with Gasteiger partial charge in [-0.05, 0) is 456 Å². The quantitative estimate of drug-likeness (QED) is 0.0552. The van der Waals surface area contributed by atoms with Gasteiger partial charge in [-0.2, -0.15) is 0 Å². The van der Waals surface area contributed by atoms with Gasteiger partial charge in [0.05, 0.1) is 45.5 Å². The minimum atomic E-state index is 1.02. The molecule has 0 amide bonds. The fourth-order valence-corrected chi connectivity index (χ4v) is 22.1. The molecule has 8 nitrogen and oxygen atoms in total. The summed E-state index contributed by atoms with van der Waals surface area (Å²) in [6, 6.07) is 119. The molecule has 0 aliphatic heterocycles. The Balaban J connectivity index is 0.763. The number of anilines is 24. The summed E-state index contributed by atoms with van der Waals surface area (Å²) in [6.45, 7) is 55.8. The first-order valence-corrected chi connectivity index (χ1v) is 48.0. The molecule has 0 radical (unpaired) electrons. The van der Waals surface area contributed by atoms with Crippen molar-refractivity contribution in [3.05, 3.63) is 455 Å². The van der Waals surface area contributed by atoms with E-state index in [1.165, 1.54) is 190 Å². The minimum absolute atomic E-state index is 1.02. The van der Waals surface area contributed by atoms with Gasteiger partial charge in [0.15, 0.2) is 0 Å². The van der Waals surface area contributed by atoms with E-state index in [2.05, 4.69) is 536 Å². The zero-order chi connectivity index (χ0) is 96.3. The van der Waals surface area contributed by atoms with Gasteiger partial charge < -0.3 is 39.2 Å². The van der Waals surface area contributed by atoms with Crippen molar-refractivity contribution in [2.24, 2.45) is 0 Å². The van der Waals surface area contributed by atoms with Crippen LogP contribution in [0.25, 0.3) is 0 Å². The van der Waals surface area contributed by atoms with Crippen molar-refractivity contribution in [1.29, 1.82) is 0 Å². The molecule has 0 aliphatic rings. The Morgan fingerprint density at radius 2 is 0.199 bits per heavy atom. The molecule has 17 rings (SSSR count). The van der Waals surface area contributed by atoms with Crippen molar-refractivity contribution >= 4 is 150 Å². The van der Waals surface area contributed by atoms with Crippen LogP contribution in [0.5, 0.6) is 0 Å². The Labute approximate surface area is 811 Å². The lowest BCUT2D eigenvalue weighted by Crippen LogP contribution is -2.18. The summed E-state index contributed by atoms with van der Waals surface area (Å²) in [5, 5.41) is 0. The fraction of sp³-hybridized carbons (Fsp3) is 0.197. The van der Waals surface area contributed by atoms with E-state index >= 15 is 0 Å². The van der Waals surface area contributed by atoms with Gasteiger partial charge in [0.25, 0.3) is 0 Å². The highest BCUT2D eigenvalue weighted by molar-refractivity contribution is 6.32. The third-order valence-corrected chi connectivity index (χ3v) is 27.0. The molecular formula is C127H129BN8. The Morgan fingerprint density at radius 3 is 0.309 bits per heavy atom. The van der Waals surface area contributed by atoms with Gasteiger partial charge >= 0.3 is 0 Å². The molecule has 0 N–H and O–H groups in total. The van der Waals surface area contributed by atoms with Crippen LogP contribution in [-0.4, -0.2) is 7.85 Å². The molecule has 0 saturated carbocycles. The summed E-state index contributed by atoms with van der Waals surface area (Å²) < 4.78 is 0. The molecule has 0 saturated heterocycles. The average Bonchev–Trinajstić information content (AvgIpc) is 0.764. The molecule has 0 aliphatic carbocycles. The number of hydrogen-bond donors (Lipinski definition) is 0. The van der Waals surface area contributed by atoms with Gasteiger partial charge in [-0.25, -0.2) is 0 Å². The molecule has 680 valence electrons. The zero-order valence-electron chi connectivity index (χ0n) is 84.6. The summed E-state index contributed by atoms with van der Waals surface area (Å²) in [5.41, 5.74) is 58.5. The molecule has 0 heterocycles. The van der Waals surface area contributed by atoms with Crippen molar-refractivity contribution in [3.63, 3.8) is 0 Å². The van der Waals surface area contributed by atoms with E-state index in [0.717, 1.165) is 91.0 Å². The lowest BCUT2D eigenvalue weighted by molar-refractivity contribution is 1.16. The smallest absolute Gasteiger partial charge is 0.139 e. The summed E-state index contributed by atoms with van der Waals surface area (Å²) >= 11 is 0. The Bertz CT molecular complexity index is 6180. The summed E-state index contributed by atoms with van der Waals surface area (Å²) in [6.07, 6.45) is 0. The highest BCUT2D eigenvalue weighted by atomic mass is 15.2. The minimum Gasteiger partial charge on any atom is -0.311 e. The van der Waals surface area contributed by atoms with Crippen molar-refractivity contribution in [1.82, 2.24) is 0 Å². The molecule has 0 fully saturated rings. The summed E-state index contributed by atoms with van der Waals surface area (Å²) in [5.74, 6) is 0. The van der Waals surface area contributed by atoms with Crippen LogP contribution in [0.1, 0.15) is 139 Å². The Hall–Kier alpha value is -14.8. The molecule has 0 atom stereocenters. The number of hydrogen-bond acceptors (Lipinski definition) is 8. The third kappa shape index (κ3) is 18.6. The predicted molar refractivity (Wildman–Crippen MR) is 591 cm³/mol. The number of benzene rings is 17. The van der Waals surface area contributed by atoms with Gasteiger partial charge in [-0.3, -0.25) is 0 Å². The molecule has 136 heavy (non-hydrogen) atoms. The van der Waals surface area contributed by atoms with E-state index < -0.39 is 0 Å². The first kappa shape index (κ1) is 93.0. The summed E-state index contributed by atoms with van der Waals surface area (Å²) in [4.78, 5) is 19.6. The van der Waals surface area contributed by atoms with Crippen LogP contribution in [0, 0.1) is 173 Å². The SMILES string of the molecule is Bc1cc(C)c(N(c2ccc(N(c3ccc(N(c4ccc(C)cc4)c4ccc(N(c5ccc(C)cc5)c5ccc(N(c6ccc(N(c7c(C)cc(C)cc7C)c7c(C)cc(C)cc7C)cc6)c6ccc(N(c7c(C)cc(C)cc7C)c7c(C)cc(C)cc7C)cc6)cc5)cc4)cc3)c3ccc(N(c4c(C)cc(C)cc4C)c4c(C)cc(C)cc4C)cc3)cc2)c2c(C)cc(C)cc2C)c(C)c1. The van der Waals surface area contributed by atoms with E-state index in [9.17, 15) is 0 Å². The van der Waals surface area contributed by atoms with E-state index in [4.69, 9.17) is 0 Å². The van der Waals surface area contributed by atoms with Crippen LogP contribution in [0.2, 0.25) is 0 Å². The molecule has 0 bridgehead atoms. The van der Waals surface area contributed by atoms with Crippen LogP contribution in [0.4, 0.5) is 136 Å². The van der Waals surface area contributed by atoms with Gasteiger partial charge in [0.2, 0.25) is 0 Å². The van der Waals surface area contributed by atoms with Crippen molar-refractivity contribution < 1.29 is 0 Å². The monoisotopic (exact) mass is 1780 g/mol. The van der Waals surface area contributed by atoms with Crippen LogP contribution in [0.15, 0.2) is 315 Å². The van der Waals surface area contributed by atoms with Crippen molar-refractivity contribution in [2.45, 2.75) is 173 Å². The van der Waals surface area contributed by atoms with Crippen molar-refractivity contribution in [3.8, 4) is 0 Å². The Kier molecular flexibility index (Phi) is 26.2. The number of nitrogens with zero attached hydrogens (tertiary/aromatic N) is 8. The van der Waals surface area contributed by atoms with E-state index in [1.54, 1.807) is 0 Å². The molecular weight excluding hydrogens is 1650 g/mol. The first-order chi connectivity index (χ1) is 65.1. The van der Waals surface area contributed by atoms with E-state index in [-0.39, 0.29) is 0 Å².